The molecule has 0 unspecified atom stereocenters. The highest BCUT2D eigenvalue weighted by molar-refractivity contribution is 9.10. The maximum atomic E-state index is 13.1. The van der Waals surface area contributed by atoms with Crippen LogP contribution < -0.4 is 5.32 Å². The Morgan fingerprint density at radius 2 is 2.29 bits per heavy atom. The molecule has 1 aromatic carbocycles. The highest BCUT2D eigenvalue weighted by Gasteiger charge is 2.07. The van der Waals surface area contributed by atoms with Crippen molar-refractivity contribution in [3.8, 4) is 0 Å². The minimum absolute atomic E-state index is 0.0805. The molecule has 0 heterocycles. The van der Waals surface area contributed by atoms with Gasteiger partial charge in [0.25, 0.3) is 0 Å². The summed E-state index contributed by atoms with van der Waals surface area (Å²) >= 11 is 6.87. The van der Waals surface area contributed by atoms with Gasteiger partial charge in [0.1, 0.15) is 5.82 Å². The van der Waals surface area contributed by atoms with Gasteiger partial charge in [0.15, 0.2) is 0 Å². The number of thiol groups is 1. The molecule has 0 aliphatic rings. The van der Waals surface area contributed by atoms with Crippen molar-refractivity contribution in [2.24, 2.45) is 0 Å². The molecule has 0 aliphatic carbocycles. The lowest BCUT2D eigenvalue weighted by molar-refractivity contribution is -0.113. The lowest BCUT2D eigenvalue weighted by Crippen LogP contribution is -2.13. The number of carbonyl (C=O) groups is 1. The fourth-order valence-corrected chi connectivity index (χ4v) is 1.51. The second-order valence-electron chi connectivity index (χ2n) is 2.79. The Hall–Kier alpha value is -0.550. The maximum Gasteiger partial charge on any atom is 0.234 e. The van der Waals surface area contributed by atoms with Gasteiger partial charge in [0.2, 0.25) is 5.91 Å². The fourth-order valence-electron chi connectivity index (χ4n) is 0.971. The van der Waals surface area contributed by atoms with Crippen molar-refractivity contribution in [2.45, 2.75) is 6.92 Å². The Kier molecular flexibility index (Phi) is 3.95. The van der Waals surface area contributed by atoms with Gasteiger partial charge in [-0.2, -0.15) is 12.6 Å². The van der Waals surface area contributed by atoms with Gasteiger partial charge < -0.3 is 5.32 Å². The van der Waals surface area contributed by atoms with Gasteiger partial charge in [-0.3, -0.25) is 4.79 Å². The smallest absolute Gasteiger partial charge is 0.234 e. The zero-order chi connectivity index (χ0) is 10.7. The molecule has 0 atom stereocenters. The van der Waals surface area contributed by atoms with Gasteiger partial charge in [-0.25, -0.2) is 4.39 Å². The molecule has 14 heavy (non-hydrogen) atoms. The van der Waals surface area contributed by atoms with Gasteiger partial charge in [0, 0.05) is 5.69 Å². The summed E-state index contributed by atoms with van der Waals surface area (Å²) in [5.74, 6) is -0.569. The number of benzene rings is 1. The molecule has 0 spiro atoms. The van der Waals surface area contributed by atoms with Gasteiger partial charge in [-0.05, 0) is 40.5 Å². The van der Waals surface area contributed by atoms with E-state index in [4.69, 9.17) is 0 Å². The monoisotopic (exact) mass is 277 g/mol. The van der Waals surface area contributed by atoms with E-state index in [1.165, 1.54) is 6.07 Å². The Morgan fingerprint density at radius 1 is 1.64 bits per heavy atom. The summed E-state index contributed by atoms with van der Waals surface area (Å²) in [6.07, 6.45) is 0. The predicted molar refractivity (Wildman–Crippen MR) is 61.3 cm³/mol. The first-order valence-electron chi connectivity index (χ1n) is 3.91. The molecular weight excluding hydrogens is 269 g/mol. The van der Waals surface area contributed by atoms with Crippen LogP contribution >= 0.6 is 28.6 Å². The molecule has 0 saturated heterocycles. The Balaban J connectivity index is 2.98. The highest BCUT2D eigenvalue weighted by atomic mass is 79.9. The van der Waals surface area contributed by atoms with Gasteiger partial charge >= 0.3 is 0 Å². The first-order chi connectivity index (χ1) is 6.54. The molecule has 2 nitrogen and oxygen atoms in total. The summed E-state index contributed by atoms with van der Waals surface area (Å²) in [7, 11) is 0. The van der Waals surface area contributed by atoms with Crippen LogP contribution in [0.1, 0.15) is 5.56 Å². The number of rotatable bonds is 2. The van der Waals surface area contributed by atoms with Gasteiger partial charge in [0.05, 0.1) is 10.2 Å². The number of halogens is 2. The van der Waals surface area contributed by atoms with Crippen LogP contribution in [-0.2, 0) is 4.79 Å². The van der Waals surface area contributed by atoms with Crippen LogP contribution in [0.25, 0.3) is 0 Å². The number of hydrogen-bond donors (Lipinski definition) is 2. The van der Waals surface area contributed by atoms with Crippen LogP contribution in [0.15, 0.2) is 16.6 Å². The van der Waals surface area contributed by atoms with E-state index in [1.807, 2.05) is 0 Å². The van der Waals surface area contributed by atoms with Crippen molar-refractivity contribution in [3.63, 3.8) is 0 Å². The number of amides is 1. The molecule has 0 saturated carbocycles. The van der Waals surface area contributed by atoms with Crippen molar-refractivity contribution >= 4 is 40.2 Å². The average molecular weight is 278 g/mol. The molecule has 5 heteroatoms. The first-order valence-corrected chi connectivity index (χ1v) is 5.33. The molecule has 76 valence electrons. The first kappa shape index (κ1) is 11.5. The average Bonchev–Trinajstić information content (AvgIpc) is 2.14. The largest absolute Gasteiger partial charge is 0.325 e. The summed E-state index contributed by atoms with van der Waals surface area (Å²) < 4.78 is 13.5. The molecule has 0 aliphatic heterocycles. The lowest BCUT2D eigenvalue weighted by Gasteiger charge is -2.08. The van der Waals surface area contributed by atoms with E-state index in [9.17, 15) is 9.18 Å². The molecule has 0 aromatic heterocycles. The van der Waals surface area contributed by atoms with Crippen molar-refractivity contribution in [1.82, 2.24) is 0 Å². The van der Waals surface area contributed by atoms with E-state index < -0.39 is 5.82 Å². The Bertz CT molecular complexity index is 370. The van der Waals surface area contributed by atoms with Crippen molar-refractivity contribution in [2.75, 3.05) is 11.1 Å². The van der Waals surface area contributed by atoms with Crippen molar-refractivity contribution in [1.29, 1.82) is 0 Å². The zero-order valence-corrected chi connectivity index (χ0v) is 9.95. The summed E-state index contributed by atoms with van der Waals surface area (Å²) in [4.78, 5) is 11.0. The van der Waals surface area contributed by atoms with E-state index in [0.29, 0.717) is 10.2 Å². The second-order valence-corrected chi connectivity index (χ2v) is 3.96. The van der Waals surface area contributed by atoms with Crippen molar-refractivity contribution < 1.29 is 9.18 Å². The van der Waals surface area contributed by atoms with Gasteiger partial charge in [-0.1, -0.05) is 0 Å². The minimum Gasteiger partial charge on any atom is -0.325 e. The standard InChI is InChI=1S/C9H9BrFNOS/c1-5-2-6(10)7(11)3-8(5)12-9(13)4-14/h2-3,14H,4H2,1H3,(H,12,13). The number of hydrogen-bond acceptors (Lipinski definition) is 2. The number of carbonyl (C=O) groups excluding carboxylic acids is 1. The summed E-state index contributed by atoms with van der Waals surface area (Å²) in [6.45, 7) is 1.79. The van der Waals surface area contributed by atoms with E-state index in [-0.39, 0.29) is 11.7 Å². The summed E-state index contributed by atoms with van der Waals surface area (Å²) in [5.41, 5.74) is 1.28. The zero-order valence-electron chi connectivity index (χ0n) is 7.47. The van der Waals surface area contributed by atoms with E-state index in [0.717, 1.165) is 5.56 Å². The van der Waals surface area contributed by atoms with Crippen LogP contribution in [0.5, 0.6) is 0 Å². The molecule has 1 aromatic rings. The van der Waals surface area contributed by atoms with Crippen LogP contribution in [0.4, 0.5) is 10.1 Å². The predicted octanol–water partition coefficient (Wildman–Crippen LogP) is 2.76. The molecule has 1 N–H and O–H groups in total. The summed E-state index contributed by atoms with van der Waals surface area (Å²) in [5, 5.41) is 2.55. The third kappa shape index (κ3) is 2.72. The molecule has 0 fully saturated rings. The number of nitrogens with one attached hydrogen (secondary N) is 1. The van der Waals surface area contributed by atoms with Crippen LogP contribution in [0, 0.1) is 12.7 Å². The van der Waals surface area contributed by atoms with Crippen LogP contribution in [-0.4, -0.2) is 11.7 Å². The third-order valence-corrected chi connectivity index (χ3v) is 2.58. The fraction of sp³-hybridized carbons (Fsp3) is 0.222. The minimum atomic E-state index is -0.398. The Morgan fingerprint density at radius 3 is 2.86 bits per heavy atom. The molecule has 0 radical (unpaired) electrons. The summed E-state index contributed by atoms with van der Waals surface area (Å²) in [6, 6.07) is 2.89. The van der Waals surface area contributed by atoms with E-state index >= 15 is 0 Å². The van der Waals surface area contributed by atoms with Gasteiger partial charge in [-0.15, -0.1) is 0 Å². The third-order valence-electron chi connectivity index (χ3n) is 1.68. The SMILES string of the molecule is Cc1cc(Br)c(F)cc1NC(=O)CS. The van der Waals surface area contributed by atoms with E-state index in [2.05, 4.69) is 33.9 Å². The van der Waals surface area contributed by atoms with Crippen LogP contribution in [0.2, 0.25) is 0 Å². The Labute approximate surface area is 95.4 Å². The normalized spacial score (nSPS) is 10.0. The quantitative estimate of drug-likeness (QED) is 0.800. The molecule has 1 amide bonds. The van der Waals surface area contributed by atoms with Crippen LogP contribution in [0.3, 0.4) is 0 Å². The van der Waals surface area contributed by atoms with E-state index in [1.54, 1.807) is 13.0 Å². The highest BCUT2D eigenvalue weighted by Crippen LogP contribution is 2.23. The number of aryl methyl sites for hydroxylation is 1. The lowest BCUT2D eigenvalue weighted by atomic mass is 10.2. The number of anilines is 1. The maximum absolute atomic E-state index is 13.1. The molecular formula is C9H9BrFNOS. The topological polar surface area (TPSA) is 29.1 Å². The molecule has 1 rings (SSSR count). The second kappa shape index (κ2) is 4.79. The van der Waals surface area contributed by atoms with Crippen molar-refractivity contribution in [3.05, 3.63) is 28.0 Å². The molecule has 0 bridgehead atoms.